The van der Waals surface area contributed by atoms with Gasteiger partial charge >= 0.3 is 0 Å². The van der Waals surface area contributed by atoms with Crippen molar-refractivity contribution in [3.05, 3.63) is 48.8 Å². The van der Waals surface area contributed by atoms with Gasteiger partial charge < -0.3 is 10.6 Å². The summed E-state index contributed by atoms with van der Waals surface area (Å²) >= 11 is 0. The quantitative estimate of drug-likeness (QED) is 0.852. The number of hydrogen-bond donors (Lipinski definition) is 1. The van der Waals surface area contributed by atoms with E-state index < -0.39 is 0 Å². The molecule has 3 nitrogen and oxygen atoms in total. The third-order valence-electron chi connectivity index (χ3n) is 2.50. The standard InChI is InChI=1S/C13H15N3/c1-2-16(11-6-4-3-5-7-11)13-8-9-15-10-12(13)14/h3-10H,2,14H2,1H3. The highest BCUT2D eigenvalue weighted by Gasteiger charge is 2.09. The first-order valence-corrected chi connectivity index (χ1v) is 5.35. The monoisotopic (exact) mass is 213 g/mol. The lowest BCUT2D eigenvalue weighted by Crippen LogP contribution is -2.17. The Hall–Kier alpha value is -2.03. The smallest absolute Gasteiger partial charge is 0.0741 e. The Balaban J connectivity index is 2.41. The second-order valence-corrected chi connectivity index (χ2v) is 3.51. The molecule has 0 radical (unpaired) electrons. The molecule has 0 atom stereocenters. The highest BCUT2D eigenvalue weighted by molar-refractivity contribution is 5.73. The minimum atomic E-state index is 0.702. The van der Waals surface area contributed by atoms with Crippen molar-refractivity contribution in [3.8, 4) is 0 Å². The lowest BCUT2D eigenvalue weighted by Gasteiger charge is -2.24. The molecule has 1 heterocycles. The molecule has 3 heteroatoms. The van der Waals surface area contributed by atoms with E-state index in [-0.39, 0.29) is 0 Å². The van der Waals surface area contributed by atoms with E-state index in [1.54, 1.807) is 12.4 Å². The zero-order valence-electron chi connectivity index (χ0n) is 9.30. The summed E-state index contributed by atoms with van der Waals surface area (Å²) in [4.78, 5) is 6.17. The zero-order chi connectivity index (χ0) is 11.4. The van der Waals surface area contributed by atoms with Crippen molar-refractivity contribution < 1.29 is 0 Å². The maximum atomic E-state index is 5.93. The fraction of sp³-hybridized carbons (Fsp3) is 0.154. The van der Waals surface area contributed by atoms with Crippen molar-refractivity contribution in [2.24, 2.45) is 0 Å². The molecule has 0 aliphatic rings. The highest BCUT2D eigenvalue weighted by Crippen LogP contribution is 2.28. The zero-order valence-corrected chi connectivity index (χ0v) is 9.30. The van der Waals surface area contributed by atoms with Crippen LogP contribution in [0.3, 0.4) is 0 Å². The Bertz CT molecular complexity index is 454. The van der Waals surface area contributed by atoms with Gasteiger partial charge in [-0.05, 0) is 25.1 Å². The van der Waals surface area contributed by atoms with Gasteiger partial charge in [-0.25, -0.2) is 0 Å². The first-order chi connectivity index (χ1) is 7.83. The molecular weight excluding hydrogens is 198 g/mol. The van der Waals surface area contributed by atoms with Crippen LogP contribution in [0.4, 0.5) is 17.1 Å². The van der Waals surface area contributed by atoms with Crippen molar-refractivity contribution in [2.75, 3.05) is 17.2 Å². The van der Waals surface area contributed by atoms with E-state index >= 15 is 0 Å². The van der Waals surface area contributed by atoms with Crippen molar-refractivity contribution in [1.29, 1.82) is 0 Å². The van der Waals surface area contributed by atoms with E-state index in [2.05, 4.69) is 28.9 Å². The summed E-state index contributed by atoms with van der Waals surface area (Å²) in [5.74, 6) is 0. The Morgan fingerprint density at radius 3 is 2.56 bits per heavy atom. The van der Waals surface area contributed by atoms with Crippen LogP contribution in [0.25, 0.3) is 0 Å². The van der Waals surface area contributed by atoms with Crippen LogP contribution in [0.2, 0.25) is 0 Å². The molecule has 1 aromatic heterocycles. The number of rotatable bonds is 3. The van der Waals surface area contributed by atoms with Crippen LogP contribution in [-0.4, -0.2) is 11.5 Å². The third-order valence-corrected chi connectivity index (χ3v) is 2.50. The number of nitrogen functional groups attached to an aromatic ring is 1. The summed E-state index contributed by atoms with van der Waals surface area (Å²) in [5, 5.41) is 0. The summed E-state index contributed by atoms with van der Waals surface area (Å²) in [6, 6.07) is 12.1. The van der Waals surface area contributed by atoms with Crippen LogP contribution in [0.5, 0.6) is 0 Å². The van der Waals surface area contributed by atoms with Gasteiger partial charge in [0.25, 0.3) is 0 Å². The van der Waals surface area contributed by atoms with Crippen LogP contribution in [0.15, 0.2) is 48.8 Å². The Kier molecular flexibility index (Phi) is 3.05. The lowest BCUT2D eigenvalue weighted by molar-refractivity contribution is 1.02. The molecular formula is C13H15N3. The van der Waals surface area contributed by atoms with E-state index in [0.717, 1.165) is 17.9 Å². The molecule has 0 bridgehead atoms. The topological polar surface area (TPSA) is 42.2 Å². The van der Waals surface area contributed by atoms with Gasteiger partial charge in [-0.3, -0.25) is 4.98 Å². The highest BCUT2D eigenvalue weighted by atomic mass is 15.1. The van der Waals surface area contributed by atoms with Crippen molar-refractivity contribution in [2.45, 2.75) is 6.92 Å². The van der Waals surface area contributed by atoms with Gasteiger partial charge in [0.2, 0.25) is 0 Å². The number of hydrogen-bond acceptors (Lipinski definition) is 3. The minimum absolute atomic E-state index is 0.702. The van der Waals surface area contributed by atoms with E-state index in [0.29, 0.717) is 5.69 Å². The Morgan fingerprint density at radius 1 is 1.19 bits per heavy atom. The van der Waals surface area contributed by atoms with Gasteiger partial charge in [0.05, 0.1) is 17.6 Å². The fourth-order valence-electron chi connectivity index (χ4n) is 1.75. The van der Waals surface area contributed by atoms with Gasteiger partial charge in [-0.15, -0.1) is 0 Å². The van der Waals surface area contributed by atoms with Crippen LogP contribution < -0.4 is 10.6 Å². The minimum Gasteiger partial charge on any atom is -0.396 e. The summed E-state index contributed by atoms with van der Waals surface area (Å²) in [6.07, 6.45) is 3.44. The van der Waals surface area contributed by atoms with Gasteiger partial charge in [0, 0.05) is 18.4 Å². The molecule has 16 heavy (non-hydrogen) atoms. The molecule has 0 spiro atoms. The number of anilines is 3. The van der Waals surface area contributed by atoms with Crippen molar-refractivity contribution in [3.63, 3.8) is 0 Å². The maximum Gasteiger partial charge on any atom is 0.0741 e. The summed E-state index contributed by atoms with van der Waals surface area (Å²) in [5.41, 5.74) is 8.78. The average Bonchev–Trinajstić information content (AvgIpc) is 2.34. The number of benzene rings is 1. The molecule has 0 amide bonds. The molecule has 0 aliphatic carbocycles. The molecule has 1 aromatic carbocycles. The molecule has 0 saturated heterocycles. The van der Waals surface area contributed by atoms with Crippen LogP contribution in [0.1, 0.15) is 6.92 Å². The first-order valence-electron chi connectivity index (χ1n) is 5.35. The van der Waals surface area contributed by atoms with Gasteiger partial charge in [-0.2, -0.15) is 0 Å². The van der Waals surface area contributed by atoms with E-state index in [1.807, 2.05) is 24.3 Å². The fourth-order valence-corrected chi connectivity index (χ4v) is 1.75. The molecule has 0 aliphatic heterocycles. The predicted octanol–water partition coefficient (Wildman–Crippen LogP) is 2.82. The van der Waals surface area contributed by atoms with E-state index in [1.165, 1.54) is 0 Å². The summed E-state index contributed by atoms with van der Waals surface area (Å²) < 4.78 is 0. The molecule has 0 fully saturated rings. The van der Waals surface area contributed by atoms with Crippen LogP contribution >= 0.6 is 0 Å². The first kappa shape index (κ1) is 10.5. The number of aromatic nitrogens is 1. The van der Waals surface area contributed by atoms with Gasteiger partial charge in [0.15, 0.2) is 0 Å². The normalized spacial score (nSPS) is 10.1. The average molecular weight is 213 g/mol. The maximum absolute atomic E-state index is 5.93. The largest absolute Gasteiger partial charge is 0.396 e. The predicted molar refractivity (Wildman–Crippen MR) is 67.8 cm³/mol. The van der Waals surface area contributed by atoms with E-state index in [9.17, 15) is 0 Å². The second kappa shape index (κ2) is 4.66. The van der Waals surface area contributed by atoms with Gasteiger partial charge in [-0.1, -0.05) is 18.2 Å². The molecule has 0 saturated carbocycles. The number of para-hydroxylation sites is 1. The number of nitrogens with zero attached hydrogens (tertiary/aromatic N) is 2. The summed E-state index contributed by atoms with van der Waals surface area (Å²) in [7, 11) is 0. The Labute approximate surface area is 95.5 Å². The molecule has 2 aromatic rings. The van der Waals surface area contributed by atoms with E-state index in [4.69, 9.17) is 5.73 Å². The van der Waals surface area contributed by atoms with Crippen molar-refractivity contribution >= 4 is 17.1 Å². The molecule has 2 N–H and O–H groups in total. The Morgan fingerprint density at radius 2 is 1.94 bits per heavy atom. The van der Waals surface area contributed by atoms with Gasteiger partial charge in [0.1, 0.15) is 0 Å². The lowest BCUT2D eigenvalue weighted by atomic mass is 10.2. The van der Waals surface area contributed by atoms with Crippen LogP contribution in [0, 0.1) is 0 Å². The van der Waals surface area contributed by atoms with Crippen molar-refractivity contribution in [1.82, 2.24) is 4.98 Å². The third kappa shape index (κ3) is 1.98. The summed E-state index contributed by atoms with van der Waals surface area (Å²) in [6.45, 7) is 2.98. The van der Waals surface area contributed by atoms with Crippen LogP contribution in [-0.2, 0) is 0 Å². The molecule has 0 unspecified atom stereocenters. The SMILES string of the molecule is CCN(c1ccccc1)c1ccncc1N. The number of nitrogens with two attached hydrogens (primary N) is 1. The molecule has 2 rings (SSSR count). The molecule has 82 valence electrons. The second-order valence-electron chi connectivity index (χ2n) is 3.51. The number of pyridine rings is 1.